The fraction of sp³-hybridized carbons (Fsp3) is 0.100. The highest BCUT2D eigenvalue weighted by Crippen LogP contribution is 2.26. The van der Waals surface area contributed by atoms with E-state index in [4.69, 9.17) is 11.6 Å². The maximum Gasteiger partial charge on any atom is 0.0853 e. The van der Waals surface area contributed by atoms with E-state index in [1.54, 1.807) is 0 Å². The average Bonchev–Trinajstić information content (AvgIpc) is 2.12. The molecule has 0 spiro atoms. The van der Waals surface area contributed by atoms with Crippen LogP contribution in [0.1, 0.15) is 5.69 Å². The maximum absolute atomic E-state index is 6.04. The molecule has 0 aliphatic heterocycles. The Morgan fingerprint density at radius 2 is 2.00 bits per heavy atom. The smallest absolute Gasteiger partial charge is 0.0853 e. The number of halogens is 2. The fourth-order valence-corrected chi connectivity index (χ4v) is 2.05. The van der Waals surface area contributed by atoms with Crippen molar-refractivity contribution in [1.29, 1.82) is 0 Å². The number of nitrogens with zero attached hydrogens (tertiary/aromatic N) is 1. The van der Waals surface area contributed by atoms with Crippen LogP contribution in [-0.2, 0) is 0 Å². The summed E-state index contributed by atoms with van der Waals surface area (Å²) in [4.78, 5) is 4.44. The van der Waals surface area contributed by atoms with Crippen LogP contribution in [0.25, 0.3) is 10.9 Å². The summed E-state index contributed by atoms with van der Waals surface area (Å²) in [7, 11) is 0. The van der Waals surface area contributed by atoms with Gasteiger partial charge in [0, 0.05) is 14.7 Å². The lowest BCUT2D eigenvalue weighted by Gasteiger charge is -2.02. The van der Waals surface area contributed by atoms with Crippen LogP contribution in [0.5, 0.6) is 0 Å². The van der Waals surface area contributed by atoms with E-state index in [2.05, 4.69) is 27.6 Å². The first-order valence-electron chi connectivity index (χ1n) is 3.90. The minimum atomic E-state index is 0.767. The van der Waals surface area contributed by atoms with Crippen molar-refractivity contribution < 1.29 is 0 Å². The van der Waals surface area contributed by atoms with Gasteiger partial charge in [0.05, 0.1) is 10.5 Å². The normalized spacial score (nSPS) is 10.7. The molecule has 0 unspecified atom stereocenters. The predicted molar refractivity (Wildman–Crippen MR) is 64.2 cm³/mol. The zero-order valence-corrected chi connectivity index (χ0v) is 9.93. The summed E-state index contributed by atoms with van der Waals surface area (Å²) >= 11 is 8.31. The highest BCUT2D eigenvalue weighted by atomic mass is 127. The second kappa shape index (κ2) is 3.42. The summed E-state index contributed by atoms with van der Waals surface area (Å²) in [6.45, 7) is 1.98. The second-order valence-electron chi connectivity index (χ2n) is 2.88. The van der Waals surface area contributed by atoms with Crippen LogP contribution in [0, 0.1) is 10.5 Å². The SMILES string of the molecule is Cc1ccc2c(Cl)ccc(I)c2n1. The molecule has 0 fully saturated rings. The molecule has 0 aliphatic carbocycles. The number of pyridine rings is 1. The first-order valence-corrected chi connectivity index (χ1v) is 5.35. The summed E-state index contributed by atoms with van der Waals surface area (Å²) in [6, 6.07) is 7.88. The van der Waals surface area contributed by atoms with Crippen molar-refractivity contribution in [3.05, 3.63) is 38.6 Å². The summed E-state index contributed by atoms with van der Waals surface area (Å²) in [5.74, 6) is 0. The fourth-order valence-electron chi connectivity index (χ4n) is 1.25. The molecule has 0 atom stereocenters. The number of hydrogen-bond donors (Lipinski definition) is 0. The molecule has 0 bridgehead atoms. The van der Waals surface area contributed by atoms with Crippen LogP contribution < -0.4 is 0 Å². The van der Waals surface area contributed by atoms with E-state index in [1.165, 1.54) is 0 Å². The van der Waals surface area contributed by atoms with E-state index in [9.17, 15) is 0 Å². The Balaban J connectivity index is 2.92. The van der Waals surface area contributed by atoms with Crippen LogP contribution >= 0.6 is 34.2 Å². The summed E-state index contributed by atoms with van der Waals surface area (Å²) in [5.41, 5.74) is 2.01. The molecular weight excluding hydrogens is 296 g/mol. The van der Waals surface area contributed by atoms with Crippen LogP contribution in [0.3, 0.4) is 0 Å². The lowest BCUT2D eigenvalue weighted by atomic mass is 10.2. The van der Waals surface area contributed by atoms with Crippen molar-refractivity contribution in [3.63, 3.8) is 0 Å². The molecule has 0 aliphatic rings. The lowest BCUT2D eigenvalue weighted by molar-refractivity contribution is 1.25. The molecule has 1 aromatic heterocycles. The van der Waals surface area contributed by atoms with Gasteiger partial charge in [-0.05, 0) is 53.8 Å². The molecule has 1 heterocycles. The Kier molecular flexibility index (Phi) is 2.43. The van der Waals surface area contributed by atoms with E-state index in [-0.39, 0.29) is 0 Å². The average molecular weight is 304 g/mol. The molecule has 66 valence electrons. The Morgan fingerprint density at radius 3 is 2.77 bits per heavy atom. The van der Waals surface area contributed by atoms with Gasteiger partial charge >= 0.3 is 0 Å². The van der Waals surface area contributed by atoms with Gasteiger partial charge in [-0.25, -0.2) is 0 Å². The van der Waals surface area contributed by atoms with Gasteiger partial charge in [-0.1, -0.05) is 11.6 Å². The Bertz CT molecular complexity index is 468. The molecular formula is C10H7ClIN. The van der Waals surface area contributed by atoms with Crippen LogP contribution in [0.15, 0.2) is 24.3 Å². The predicted octanol–water partition coefficient (Wildman–Crippen LogP) is 3.80. The molecule has 2 aromatic rings. The number of rotatable bonds is 0. The third kappa shape index (κ3) is 1.65. The molecule has 0 saturated heterocycles. The van der Waals surface area contributed by atoms with Crippen molar-refractivity contribution in [1.82, 2.24) is 4.98 Å². The number of aromatic nitrogens is 1. The van der Waals surface area contributed by atoms with Crippen molar-refractivity contribution >= 4 is 45.1 Å². The van der Waals surface area contributed by atoms with Gasteiger partial charge in [0.15, 0.2) is 0 Å². The van der Waals surface area contributed by atoms with E-state index in [1.807, 2.05) is 31.2 Å². The van der Waals surface area contributed by atoms with Crippen molar-refractivity contribution in [3.8, 4) is 0 Å². The Hall–Kier alpha value is -0.350. The van der Waals surface area contributed by atoms with Crippen LogP contribution in [0.2, 0.25) is 5.02 Å². The Morgan fingerprint density at radius 1 is 1.23 bits per heavy atom. The Labute approximate surface area is 95.3 Å². The van der Waals surface area contributed by atoms with Crippen molar-refractivity contribution in [2.75, 3.05) is 0 Å². The maximum atomic E-state index is 6.04. The second-order valence-corrected chi connectivity index (χ2v) is 4.45. The van der Waals surface area contributed by atoms with Gasteiger partial charge in [-0.2, -0.15) is 0 Å². The first kappa shape index (κ1) is 9.21. The number of benzene rings is 1. The van der Waals surface area contributed by atoms with Crippen LogP contribution in [0.4, 0.5) is 0 Å². The minimum absolute atomic E-state index is 0.767. The molecule has 0 saturated carbocycles. The molecule has 13 heavy (non-hydrogen) atoms. The van der Waals surface area contributed by atoms with Crippen molar-refractivity contribution in [2.45, 2.75) is 6.92 Å². The highest BCUT2D eigenvalue weighted by Gasteiger charge is 2.03. The largest absolute Gasteiger partial charge is 0.252 e. The van der Waals surface area contributed by atoms with E-state index < -0.39 is 0 Å². The third-order valence-corrected chi connectivity index (χ3v) is 3.09. The number of aryl methyl sites for hydroxylation is 1. The monoisotopic (exact) mass is 303 g/mol. The number of hydrogen-bond acceptors (Lipinski definition) is 1. The van der Waals surface area contributed by atoms with Crippen LogP contribution in [-0.4, -0.2) is 4.98 Å². The zero-order chi connectivity index (χ0) is 9.42. The summed E-state index contributed by atoms with van der Waals surface area (Å²) in [6.07, 6.45) is 0. The molecule has 0 radical (unpaired) electrons. The summed E-state index contributed by atoms with van der Waals surface area (Å²) < 4.78 is 1.14. The molecule has 1 aromatic carbocycles. The minimum Gasteiger partial charge on any atom is -0.252 e. The number of fused-ring (bicyclic) bond motifs is 1. The topological polar surface area (TPSA) is 12.9 Å². The molecule has 1 nitrogen and oxygen atoms in total. The van der Waals surface area contributed by atoms with Gasteiger partial charge in [-0.15, -0.1) is 0 Å². The van der Waals surface area contributed by atoms with Gasteiger partial charge < -0.3 is 0 Å². The van der Waals surface area contributed by atoms with E-state index in [0.29, 0.717) is 0 Å². The highest BCUT2D eigenvalue weighted by molar-refractivity contribution is 14.1. The molecule has 0 N–H and O–H groups in total. The molecule has 3 heteroatoms. The lowest BCUT2D eigenvalue weighted by Crippen LogP contribution is -1.86. The van der Waals surface area contributed by atoms with Gasteiger partial charge in [0.1, 0.15) is 0 Å². The third-order valence-electron chi connectivity index (χ3n) is 1.89. The van der Waals surface area contributed by atoms with E-state index in [0.717, 1.165) is 25.2 Å². The molecule has 0 amide bonds. The van der Waals surface area contributed by atoms with Gasteiger partial charge in [-0.3, -0.25) is 4.98 Å². The quantitative estimate of drug-likeness (QED) is 0.675. The standard InChI is InChI=1S/C10H7ClIN/c1-6-2-3-7-8(11)4-5-9(12)10(7)13-6/h2-5H,1H3. The zero-order valence-electron chi connectivity index (χ0n) is 7.01. The van der Waals surface area contributed by atoms with Gasteiger partial charge in [0.25, 0.3) is 0 Å². The molecule has 2 rings (SSSR count). The van der Waals surface area contributed by atoms with Gasteiger partial charge in [0.2, 0.25) is 0 Å². The first-order chi connectivity index (χ1) is 6.18. The van der Waals surface area contributed by atoms with Crippen molar-refractivity contribution in [2.24, 2.45) is 0 Å². The van der Waals surface area contributed by atoms with E-state index >= 15 is 0 Å². The summed E-state index contributed by atoms with van der Waals surface area (Å²) in [5, 5.41) is 1.79.